The van der Waals surface area contributed by atoms with Crippen LogP contribution in [0.15, 0.2) is 32.9 Å². The molecule has 0 atom stereocenters. The number of amides is 2. The second kappa shape index (κ2) is 11.3. The Morgan fingerprint density at radius 2 is 1.78 bits per heavy atom. The third kappa shape index (κ3) is 7.90. The molecule has 0 aliphatic heterocycles. The molecule has 27 heavy (non-hydrogen) atoms. The number of carbonyl (C=O) groups excluding carboxylic acids is 2. The molecule has 9 heteroatoms. The smallest absolute Gasteiger partial charge is 0.234 e. The van der Waals surface area contributed by atoms with Gasteiger partial charge in [0.2, 0.25) is 11.8 Å². The lowest BCUT2D eigenvalue weighted by molar-refractivity contribution is -0.118. The van der Waals surface area contributed by atoms with E-state index in [1.54, 1.807) is 0 Å². The average molecular weight is 425 g/mol. The van der Waals surface area contributed by atoms with Gasteiger partial charge in [0.1, 0.15) is 0 Å². The zero-order valence-electron chi connectivity index (χ0n) is 15.7. The normalized spacial score (nSPS) is 10.8. The molecular formula is C18H24N4O2S3. The number of carbonyl (C=O) groups is 2. The quantitative estimate of drug-likeness (QED) is 0.561. The first-order chi connectivity index (χ1) is 13.0. The number of hydrogen-bond donors (Lipinski definition) is 2. The molecule has 0 aliphatic carbocycles. The molecule has 6 nitrogen and oxygen atoms in total. The predicted octanol–water partition coefficient (Wildman–Crippen LogP) is 4.01. The fourth-order valence-electron chi connectivity index (χ4n) is 2.06. The maximum absolute atomic E-state index is 12.2. The van der Waals surface area contributed by atoms with E-state index in [1.807, 2.05) is 25.1 Å². The summed E-state index contributed by atoms with van der Waals surface area (Å²) >= 11 is 4.10. The lowest BCUT2D eigenvalue weighted by Gasteiger charge is -2.09. The predicted molar refractivity (Wildman–Crippen MR) is 114 cm³/mol. The van der Waals surface area contributed by atoms with Crippen molar-refractivity contribution in [2.24, 2.45) is 0 Å². The van der Waals surface area contributed by atoms with Crippen molar-refractivity contribution in [1.29, 1.82) is 0 Å². The SMILES string of the molecule is CCCNC(=O)CSc1nnc(SCC(=O)Nc2cccc(C(C)C)c2)s1. The van der Waals surface area contributed by atoms with Crippen molar-refractivity contribution in [1.82, 2.24) is 15.5 Å². The van der Waals surface area contributed by atoms with E-state index in [4.69, 9.17) is 0 Å². The Bertz CT molecular complexity index is 765. The molecule has 2 amide bonds. The summed E-state index contributed by atoms with van der Waals surface area (Å²) in [5.41, 5.74) is 1.99. The van der Waals surface area contributed by atoms with E-state index in [2.05, 4.69) is 40.7 Å². The second-order valence-corrected chi connectivity index (χ2v) is 9.51. The van der Waals surface area contributed by atoms with Crippen LogP contribution in [0.5, 0.6) is 0 Å². The highest BCUT2D eigenvalue weighted by atomic mass is 32.2. The van der Waals surface area contributed by atoms with Crippen LogP contribution in [0.3, 0.4) is 0 Å². The Morgan fingerprint density at radius 3 is 2.41 bits per heavy atom. The molecule has 2 aromatic rings. The Balaban J connectivity index is 1.76. The van der Waals surface area contributed by atoms with Crippen molar-refractivity contribution < 1.29 is 9.59 Å². The molecule has 2 N–H and O–H groups in total. The van der Waals surface area contributed by atoms with Gasteiger partial charge in [0.25, 0.3) is 0 Å². The Labute approximate surface area is 172 Å². The van der Waals surface area contributed by atoms with Gasteiger partial charge in [-0.2, -0.15) is 0 Å². The highest BCUT2D eigenvalue weighted by Crippen LogP contribution is 2.28. The van der Waals surface area contributed by atoms with Gasteiger partial charge >= 0.3 is 0 Å². The third-order valence-corrected chi connectivity index (χ3v) is 6.64. The monoisotopic (exact) mass is 424 g/mol. The molecule has 0 radical (unpaired) electrons. The molecule has 2 rings (SSSR count). The van der Waals surface area contributed by atoms with E-state index in [0.717, 1.165) is 20.8 Å². The largest absolute Gasteiger partial charge is 0.355 e. The molecule has 0 saturated carbocycles. The summed E-state index contributed by atoms with van der Waals surface area (Å²) in [6.07, 6.45) is 0.916. The molecule has 0 saturated heterocycles. The number of anilines is 1. The molecule has 1 heterocycles. The van der Waals surface area contributed by atoms with Crippen LogP contribution in [0, 0.1) is 0 Å². The summed E-state index contributed by atoms with van der Waals surface area (Å²) in [6, 6.07) is 7.88. The summed E-state index contributed by atoms with van der Waals surface area (Å²) < 4.78 is 1.45. The minimum Gasteiger partial charge on any atom is -0.355 e. The van der Waals surface area contributed by atoms with Crippen molar-refractivity contribution in [3.05, 3.63) is 29.8 Å². The average Bonchev–Trinajstić information content (AvgIpc) is 3.11. The van der Waals surface area contributed by atoms with Crippen molar-refractivity contribution in [2.75, 3.05) is 23.4 Å². The first kappa shape index (κ1) is 21.7. The van der Waals surface area contributed by atoms with Gasteiger partial charge in [0.05, 0.1) is 11.5 Å². The number of aromatic nitrogens is 2. The number of nitrogens with zero attached hydrogens (tertiary/aromatic N) is 2. The minimum atomic E-state index is -0.0794. The van der Waals surface area contributed by atoms with E-state index in [-0.39, 0.29) is 17.6 Å². The molecule has 0 unspecified atom stereocenters. The molecule has 0 spiro atoms. The standard InChI is InChI=1S/C18H24N4O2S3/c1-4-8-19-15(23)10-25-17-21-22-18(27-17)26-11-16(24)20-14-7-5-6-13(9-14)12(2)3/h5-7,9,12H,4,8,10-11H2,1-3H3,(H,19,23)(H,20,24). The molecule has 146 valence electrons. The van der Waals surface area contributed by atoms with Crippen LogP contribution in [0.25, 0.3) is 0 Å². The van der Waals surface area contributed by atoms with Crippen LogP contribution in [0.4, 0.5) is 5.69 Å². The number of nitrogens with one attached hydrogen (secondary N) is 2. The summed E-state index contributed by atoms with van der Waals surface area (Å²) in [4.78, 5) is 23.8. The van der Waals surface area contributed by atoms with E-state index >= 15 is 0 Å². The Morgan fingerprint density at radius 1 is 1.11 bits per heavy atom. The van der Waals surface area contributed by atoms with Gasteiger partial charge in [-0.15, -0.1) is 10.2 Å². The molecule has 1 aromatic heterocycles. The van der Waals surface area contributed by atoms with Gasteiger partial charge in [-0.25, -0.2) is 0 Å². The summed E-state index contributed by atoms with van der Waals surface area (Å²) in [5.74, 6) is 0.921. The first-order valence-electron chi connectivity index (χ1n) is 8.73. The minimum absolute atomic E-state index is 0.00532. The molecule has 1 aromatic carbocycles. The van der Waals surface area contributed by atoms with Crippen LogP contribution in [0.2, 0.25) is 0 Å². The summed E-state index contributed by atoms with van der Waals surface area (Å²) in [6.45, 7) is 6.94. The Hall–Kier alpha value is -1.58. The number of thioether (sulfide) groups is 2. The van der Waals surface area contributed by atoms with Gasteiger partial charge in [0.15, 0.2) is 8.68 Å². The zero-order chi connectivity index (χ0) is 19.6. The van der Waals surface area contributed by atoms with Gasteiger partial charge in [-0.3, -0.25) is 9.59 Å². The fraction of sp³-hybridized carbons (Fsp3) is 0.444. The van der Waals surface area contributed by atoms with E-state index in [1.165, 1.54) is 40.4 Å². The summed E-state index contributed by atoms with van der Waals surface area (Å²) in [5, 5.41) is 13.9. The van der Waals surface area contributed by atoms with Crippen LogP contribution in [-0.2, 0) is 9.59 Å². The van der Waals surface area contributed by atoms with Crippen molar-refractivity contribution >= 4 is 52.4 Å². The fourth-order valence-corrected chi connectivity index (χ4v) is 4.71. The molecule has 0 aliphatic rings. The van der Waals surface area contributed by atoms with Crippen LogP contribution in [0.1, 0.15) is 38.7 Å². The second-order valence-electron chi connectivity index (χ2n) is 6.09. The maximum Gasteiger partial charge on any atom is 0.234 e. The Kier molecular flexibility index (Phi) is 9.09. The maximum atomic E-state index is 12.2. The number of hydrogen-bond acceptors (Lipinski definition) is 7. The number of rotatable bonds is 10. The highest BCUT2D eigenvalue weighted by molar-refractivity contribution is 8.03. The lowest BCUT2D eigenvalue weighted by Crippen LogP contribution is -2.25. The van der Waals surface area contributed by atoms with Gasteiger partial charge < -0.3 is 10.6 Å². The van der Waals surface area contributed by atoms with Crippen LogP contribution in [-0.4, -0.2) is 40.1 Å². The van der Waals surface area contributed by atoms with Crippen LogP contribution < -0.4 is 10.6 Å². The van der Waals surface area contributed by atoms with Crippen LogP contribution >= 0.6 is 34.9 Å². The van der Waals surface area contributed by atoms with Gasteiger partial charge in [-0.1, -0.05) is 67.8 Å². The first-order valence-corrected chi connectivity index (χ1v) is 11.5. The molecular weight excluding hydrogens is 400 g/mol. The van der Waals surface area contributed by atoms with E-state index in [9.17, 15) is 9.59 Å². The van der Waals surface area contributed by atoms with Crippen molar-refractivity contribution in [2.45, 2.75) is 41.8 Å². The summed E-state index contributed by atoms with van der Waals surface area (Å²) in [7, 11) is 0. The van der Waals surface area contributed by atoms with Gasteiger partial charge in [-0.05, 0) is 30.0 Å². The van der Waals surface area contributed by atoms with E-state index in [0.29, 0.717) is 18.2 Å². The zero-order valence-corrected chi connectivity index (χ0v) is 18.1. The van der Waals surface area contributed by atoms with Crippen molar-refractivity contribution in [3.8, 4) is 0 Å². The molecule has 0 fully saturated rings. The number of benzene rings is 1. The van der Waals surface area contributed by atoms with Gasteiger partial charge in [0, 0.05) is 12.2 Å². The van der Waals surface area contributed by atoms with E-state index < -0.39 is 0 Å². The topological polar surface area (TPSA) is 84.0 Å². The highest BCUT2D eigenvalue weighted by Gasteiger charge is 2.11. The van der Waals surface area contributed by atoms with Crippen molar-refractivity contribution in [3.63, 3.8) is 0 Å². The lowest BCUT2D eigenvalue weighted by atomic mass is 10.0. The molecule has 0 bridgehead atoms. The third-order valence-electron chi connectivity index (χ3n) is 3.45.